The molecule has 1 fully saturated rings. The van der Waals surface area contributed by atoms with Crippen LogP contribution in [-0.2, 0) is 16.2 Å². The molecule has 3 aromatic carbocycles. The van der Waals surface area contributed by atoms with Crippen molar-refractivity contribution in [2.24, 2.45) is 5.92 Å². The predicted octanol–water partition coefficient (Wildman–Crippen LogP) is 6.38. The fourth-order valence-corrected chi connectivity index (χ4v) is 4.12. The summed E-state index contributed by atoms with van der Waals surface area (Å²) < 4.78 is 5.89. The second kappa shape index (κ2) is 10.7. The van der Waals surface area contributed by atoms with Crippen molar-refractivity contribution in [3.63, 3.8) is 0 Å². The maximum Gasteiger partial charge on any atom is 0.243 e. The first-order valence-corrected chi connectivity index (χ1v) is 11.8. The molecular weight excluding hydrogens is 520 g/mol. The van der Waals surface area contributed by atoms with Crippen LogP contribution in [0.1, 0.15) is 12.0 Å². The molecule has 1 atom stereocenters. The second-order valence-electron chi connectivity index (χ2n) is 7.67. The van der Waals surface area contributed by atoms with E-state index in [1.165, 1.54) is 0 Å². The van der Waals surface area contributed by atoms with Crippen LogP contribution in [0.4, 0.5) is 11.4 Å². The molecule has 1 aliphatic rings. The SMILES string of the molecule is O=C(NNc1cc(Cl)ccc1OCc1ccc(Cl)c(Cl)c1)[C@H]1CC(=O)N(c2ccc(Cl)cc2)C1. The quantitative estimate of drug-likeness (QED) is 0.342. The Hall–Kier alpha value is -2.64. The monoisotopic (exact) mass is 537 g/mol. The number of carbonyl (C=O) groups is 2. The van der Waals surface area contributed by atoms with E-state index in [2.05, 4.69) is 10.9 Å². The minimum Gasteiger partial charge on any atom is -0.487 e. The van der Waals surface area contributed by atoms with E-state index in [-0.39, 0.29) is 31.4 Å². The number of anilines is 2. The number of ether oxygens (including phenoxy) is 1. The minimum absolute atomic E-state index is 0.104. The van der Waals surface area contributed by atoms with Crippen molar-refractivity contribution in [2.75, 3.05) is 16.9 Å². The van der Waals surface area contributed by atoms with Crippen molar-refractivity contribution >= 4 is 69.6 Å². The maximum absolute atomic E-state index is 12.8. The van der Waals surface area contributed by atoms with Gasteiger partial charge in [-0.3, -0.25) is 20.4 Å². The van der Waals surface area contributed by atoms with Gasteiger partial charge in [-0.1, -0.05) is 52.5 Å². The van der Waals surface area contributed by atoms with Gasteiger partial charge in [-0.15, -0.1) is 0 Å². The lowest BCUT2D eigenvalue weighted by Crippen LogP contribution is -2.36. The normalized spacial score (nSPS) is 15.4. The van der Waals surface area contributed by atoms with Crippen molar-refractivity contribution in [3.8, 4) is 5.75 Å². The number of nitrogens with one attached hydrogen (secondary N) is 2. The number of hydrazine groups is 1. The highest BCUT2D eigenvalue weighted by atomic mass is 35.5. The Morgan fingerprint density at radius 3 is 2.41 bits per heavy atom. The molecule has 1 saturated heterocycles. The Balaban J connectivity index is 1.38. The van der Waals surface area contributed by atoms with Crippen LogP contribution in [0.15, 0.2) is 60.7 Å². The Morgan fingerprint density at radius 2 is 1.68 bits per heavy atom. The number of halogens is 4. The fourth-order valence-electron chi connectivity index (χ4n) is 3.50. The van der Waals surface area contributed by atoms with Crippen LogP contribution in [0.25, 0.3) is 0 Å². The van der Waals surface area contributed by atoms with E-state index in [1.807, 2.05) is 6.07 Å². The molecule has 176 valence electrons. The molecule has 0 aliphatic carbocycles. The van der Waals surface area contributed by atoms with E-state index < -0.39 is 5.92 Å². The Bertz CT molecular complexity index is 1220. The Kier molecular flexibility index (Phi) is 7.73. The first-order chi connectivity index (χ1) is 16.3. The van der Waals surface area contributed by atoms with E-state index in [4.69, 9.17) is 51.1 Å². The average molecular weight is 539 g/mol. The van der Waals surface area contributed by atoms with Crippen LogP contribution < -0.4 is 20.5 Å². The van der Waals surface area contributed by atoms with Crippen LogP contribution >= 0.6 is 46.4 Å². The smallest absolute Gasteiger partial charge is 0.243 e. The molecule has 1 heterocycles. The van der Waals surface area contributed by atoms with Gasteiger partial charge in [0.2, 0.25) is 11.8 Å². The van der Waals surface area contributed by atoms with Gasteiger partial charge < -0.3 is 9.64 Å². The van der Waals surface area contributed by atoms with E-state index in [1.54, 1.807) is 59.5 Å². The van der Waals surface area contributed by atoms with Gasteiger partial charge in [0.25, 0.3) is 0 Å². The molecule has 3 aromatic rings. The van der Waals surface area contributed by atoms with Gasteiger partial charge in [0.05, 0.1) is 21.7 Å². The first-order valence-electron chi connectivity index (χ1n) is 10.3. The number of benzene rings is 3. The van der Waals surface area contributed by atoms with Gasteiger partial charge >= 0.3 is 0 Å². The standard InChI is InChI=1S/C24H19Cl4N3O3/c25-16-2-5-18(6-3-16)31-12-15(10-23(31)32)24(33)30-29-21-11-17(26)4-8-22(21)34-13-14-1-7-19(27)20(28)9-14/h1-9,11,15,29H,10,12-13H2,(H,30,33)/t15-/m0/s1. The summed E-state index contributed by atoms with van der Waals surface area (Å²) in [6.45, 7) is 0.499. The highest BCUT2D eigenvalue weighted by molar-refractivity contribution is 6.42. The summed E-state index contributed by atoms with van der Waals surface area (Å²) in [6, 6.07) is 17.1. The van der Waals surface area contributed by atoms with Crippen LogP contribution in [-0.4, -0.2) is 18.4 Å². The van der Waals surface area contributed by atoms with Crippen molar-refractivity contribution in [2.45, 2.75) is 13.0 Å². The van der Waals surface area contributed by atoms with Crippen LogP contribution in [0, 0.1) is 5.92 Å². The lowest BCUT2D eigenvalue weighted by atomic mass is 10.1. The van der Waals surface area contributed by atoms with E-state index in [0.717, 1.165) is 5.56 Å². The number of amides is 2. The molecule has 4 rings (SSSR count). The van der Waals surface area contributed by atoms with Gasteiger partial charge in [-0.25, -0.2) is 0 Å². The van der Waals surface area contributed by atoms with Gasteiger partial charge in [-0.2, -0.15) is 0 Å². The lowest BCUT2D eigenvalue weighted by molar-refractivity contribution is -0.125. The van der Waals surface area contributed by atoms with E-state index >= 15 is 0 Å². The maximum atomic E-state index is 12.8. The third-order valence-corrected chi connectivity index (χ3v) is 6.50. The summed E-state index contributed by atoms with van der Waals surface area (Å²) in [5.74, 6) is -0.493. The zero-order chi connectivity index (χ0) is 24.2. The molecule has 2 amide bonds. The van der Waals surface area contributed by atoms with Gasteiger partial charge in [-0.05, 0) is 60.2 Å². The van der Waals surface area contributed by atoms with Crippen molar-refractivity contribution in [1.82, 2.24) is 5.43 Å². The molecule has 0 unspecified atom stereocenters. The molecule has 1 aliphatic heterocycles. The zero-order valence-electron chi connectivity index (χ0n) is 17.7. The summed E-state index contributed by atoms with van der Waals surface area (Å²) >= 11 is 24.1. The molecule has 34 heavy (non-hydrogen) atoms. The highest BCUT2D eigenvalue weighted by Crippen LogP contribution is 2.30. The largest absolute Gasteiger partial charge is 0.487 e. The number of carbonyl (C=O) groups excluding carboxylic acids is 2. The summed E-state index contributed by atoms with van der Waals surface area (Å²) in [7, 11) is 0. The molecule has 0 radical (unpaired) electrons. The van der Waals surface area contributed by atoms with Crippen LogP contribution in [0.5, 0.6) is 5.75 Å². The molecule has 0 aromatic heterocycles. The number of hydrogen-bond donors (Lipinski definition) is 2. The molecule has 0 bridgehead atoms. The van der Waals surface area contributed by atoms with Gasteiger partial charge in [0.15, 0.2) is 0 Å². The first kappa shape index (κ1) is 24.5. The number of nitrogens with zero attached hydrogens (tertiary/aromatic N) is 1. The van der Waals surface area contributed by atoms with Gasteiger partial charge in [0, 0.05) is 28.7 Å². The molecule has 6 nitrogen and oxygen atoms in total. The number of hydrogen-bond acceptors (Lipinski definition) is 4. The highest BCUT2D eigenvalue weighted by Gasteiger charge is 2.35. The average Bonchev–Trinajstić information content (AvgIpc) is 3.21. The fraction of sp³-hybridized carbons (Fsp3) is 0.167. The Morgan fingerprint density at radius 1 is 0.941 bits per heavy atom. The summed E-state index contributed by atoms with van der Waals surface area (Å²) in [5, 5.41) is 1.93. The lowest BCUT2D eigenvalue weighted by Gasteiger charge is -2.18. The van der Waals surface area contributed by atoms with Gasteiger partial charge in [0.1, 0.15) is 12.4 Å². The van der Waals surface area contributed by atoms with E-state index in [9.17, 15) is 9.59 Å². The van der Waals surface area contributed by atoms with Crippen molar-refractivity contribution in [1.29, 1.82) is 0 Å². The molecule has 2 N–H and O–H groups in total. The topological polar surface area (TPSA) is 70.7 Å². The summed E-state index contributed by atoms with van der Waals surface area (Å²) in [4.78, 5) is 26.8. The molecule has 0 spiro atoms. The Labute approximate surface area is 216 Å². The minimum atomic E-state index is -0.518. The zero-order valence-corrected chi connectivity index (χ0v) is 20.7. The number of rotatable bonds is 7. The predicted molar refractivity (Wildman–Crippen MR) is 136 cm³/mol. The summed E-state index contributed by atoms with van der Waals surface area (Å²) in [5.41, 5.74) is 7.52. The third kappa shape index (κ3) is 5.88. The van der Waals surface area contributed by atoms with Crippen molar-refractivity contribution < 1.29 is 14.3 Å². The second-order valence-corrected chi connectivity index (χ2v) is 9.36. The molecular formula is C24H19Cl4N3O3. The summed E-state index contributed by atoms with van der Waals surface area (Å²) in [6.07, 6.45) is 0.104. The molecule has 0 saturated carbocycles. The van der Waals surface area contributed by atoms with Crippen LogP contribution in [0.3, 0.4) is 0 Å². The third-order valence-electron chi connectivity index (χ3n) is 5.27. The van der Waals surface area contributed by atoms with E-state index in [0.29, 0.717) is 37.2 Å². The van der Waals surface area contributed by atoms with Crippen molar-refractivity contribution in [3.05, 3.63) is 86.3 Å². The van der Waals surface area contributed by atoms with Crippen LogP contribution in [0.2, 0.25) is 20.1 Å². The molecule has 10 heteroatoms.